The minimum Gasteiger partial charge on any atom is -0.480 e. The van der Waals surface area contributed by atoms with E-state index in [2.05, 4.69) is 5.32 Å². The Balaban J connectivity index is 1.95. The first-order valence-electron chi connectivity index (χ1n) is 10.4. The SMILES string of the molecule is C[C@H](NC(=O)[C@@H](N)CCCCN)C(=O)N1CCC[C@H]1C(=O)N1CCC[C@H]1C(=O)O. The van der Waals surface area contributed by atoms with Crippen molar-refractivity contribution in [3.8, 4) is 0 Å². The molecule has 0 aliphatic carbocycles. The van der Waals surface area contributed by atoms with Crippen molar-refractivity contribution in [1.82, 2.24) is 15.1 Å². The van der Waals surface area contributed by atoms with E-state index in [0.29, 0.717) is 51.7 Å². The summed E-state index contributed by atoms with van der Waals surface area (Å²) in [4.78, 5) is 52.3. The number of hydrogen-bond acceptors (Lipinski definition) is 6. The van der Waals surface area contributed by atoms with Gasteiger partial charge in [0.1, 0.15) is 18.1 Å². The van der Waals surface area contributed by atoms with Gasteiger partial charge in [0.2, 0.25) is 17.7 Å². The van der Waals surface area contributed by atoms with Crippen molar-refractivity contribution in [3.05, 3.63) is 0 Å². The summed E-state index contributed by atoms with van der Waals surface area (Å²) in [5.74, 6) is -2.10. The fraction of sp³-hybridized carbons (Fsp3) is 0.789. The van der Waals surface area contributed by atoms with Crippen molar-refractivity contribution in [2.75, 3.05) is 19.6 Å². The Labute approximate surface area is 170 Å². The van der Waals surface area contributed by atoms with E-state index in [9.17, 15) is 24.3 Å². The molecule has 0 unspecified atom stereocenters. The number of nitrogens with two attached hydrogens (primary N) is 2. The predicted molar refractivity (Wildman–Crippen MR) is 106 cm³/mol. The normalized spacial score (nSPS) is 23.7. The van der Waals surface area contributed by atoms with Crippen molar-refractivity contribution in [3.63, 3.8) is 0 Å². The highest BCUT2D eigenvalue weighted by Crippen LogP contribution is 2.25. The summed E-state index contributed by atoms with van der Waals surface area (Å²) in [5.41, 5.74) is 11.3. The van der Waals surface area contributed by atoms with E-state index in [1.807, 2.05) is 0 Å². The van der Waals surface area contributed by atoms with E-state index < -0.39 is 36.0 Å². The van der Waals surface area contributed by atoms with E-state index in [-0.39, 0.29) is 11.8 Å². The molecule has 29 heavy (non-hydrogen) atoms. The van der Waals surface area contributed by atoms with Crippen LogP contribution in [-0.4, -0.2) is 82.4 Å². The van der Waals surface area contributed by atoms with Gasteiger partial charge in [-0.15, -0.1) is 0 Å². The van der Waals surface area contributed by atoms with Gasteiger partial charge in [0.15, 0.2) is 0 Å². The molecular weight excluding hydrogens is 378 g/mol. The average Bonchev–Trinajstić information content (AvgIpc) is 3.36. The maximum absolute atomic E-state index is 12.9. The molecule has 2 rings (SSSR count). The van der Waals surface area contributed by atoms with Crippen molar-refractivity contribution < 1.29 is 24.3 Å². The van der Waals surface area contributed by atoms with Crippen molar-refractivity contribution in [1.29, 1.82) is 0 Å². The molecule has 2 fully saturated rings. The summed E-state index contributed by atoms with van der Waals surface area (Å²) in [5, 5.41) is 12.0. The standard InChI is InChI=1S/C19H33N5O5/c1-12(22-16(25)13(21)6-2-3-9-20)17(26)23-10-4-7-14(23)18(27)24-11-5-8-15(24)19(28)29/h12-15H,2-11,20-21H2,1H3,(H,22,25)(H,28,29)/t12-,13-,14-,15-/m0/s1. The van der Waals surface area contributed by atoms with Crippen LogP contribution in [-0.2, 0) is 19.2 Å². The highest BCUT2D eigenvalue weighted by molar-refractivity contribution is 5.94. The maximum Gasteiger partial charge on any atom is 0.326 e. The number of nitrogens with zero attached hydrogens (tertiary/aromatic N) is 2. The molecule has 0 radical (unpaired) electrons. The van der Waals surface area contributed by atoms with E-state index >= 15 is 0 Å². The second kappa shape index (κ2) is 10.5. The molecule has 0 aromatic rings. The number of unbranched alkanes of at least 4 members (excludes halogenated alkanes) is 1. The van der Waals surface area contributed by atoms with E-state index in [4.69, 9.17) is 11.5 Å². The fourth-order valence-electron chi connectivity index (χ4n) is 4.04. The van der Waals surface area contributed by atoms with Crippen LogP contribution in [0.3, 0.4) is 0 Å². The molecule has 2 aliphatic rings. The summed E-state index contributed by atoms with van der Waals surface area (Å²) in [6, 6.07) is -3.04. The number of nitrogens with one attached hydrogen (secondary N) is 1. The number of amides is 3. The van der Waals surface area contributed by atoms with Crippen LogP contribution in [0.2, 0.25) is 0 Å². The number of carbonyl (C=O) groups excluding carboxylic acids is 3. The lowest BCUT2D eigenvalue weighted by molar-refractivity contribution is -0.152. The minimum absolute atomic E-state index is 0.322. The number of carboxylic acid groups (broad SMARTS) is 1. The molecule has 2 aliphatic heterocycles. The average molecular weight is 412 g/mol. The van der Waals surface area contributed by atoms with E-state index in [0.717, 1.165) is 12.8 Å². The third-order valence-electron chi connectivity index (χ3n) is 5.68. The van der Waals surface area contributed by atoms with Gasteiger partial charge >= 0.3 is 5.97 Å². The Hall–Kier alpha value is -2.20. The second-order valence-electron chi connectivity index (χ2n) is 7.84. The van der Waals surface area contributed by atoms with Crippen LogP contribution in [0.5, 0.6) is 0 Å². The van der Waals surface area contributed by atoms with Gasteiger partial charge in [-0.25, -0.2) is 4.79 Å². The molecule has 0 spiro atoms. The summed E-state index contributed by atoms with van der Waals surface area (Å²) in [6.45, 7) is 2.90. The largest absolute Gasteiger partial charge is 0.480 e. The van der Waals surface area contributed by atoms with Crippen LogP contribution in [0.4, 0.5) is 0 Å². The molecule has 164 valence electrons. The van der Waals surface area contributed by atoms with Gasteiger partial charge < -0.3 is 31.7 Å². The van der Waals surface area contributed by atoms with Crippen LogP contribution < -0.4 is 16.8 Å². The molecule has 6 N–H and O–H groups in total. The van der Waals surface area contributed by atoms with Crippen molar-refractivity contribution in [2.24, 2.45) is 11.5 Å². The van der Waals surface area contributed by atoms with Gasteiger partial charge in [0.05, 0.1) is 6.04 Å². The molecule has 0 aromatic heterocycles. The molecule has 4 atom stereocenters. The van der Waals surface area contributed by atoms with Gasteiger partial charge in [0, 0.05) is 13.1 Å². The zero-order chi connectivity index (χ0) is 21.6. The molecule has 0 aromatic carbocycles. The van der Waals surface area contributed by atoms with Crippen LogP contribution in [0.1, 0.15) is 51.9 Å². The van der Waals surface area contributed by atoms with Gasteiger partial charge in [-0.1, -0.05) is 6.42 Å². The summed E-state index contributed by atoms with van der Waals surface area (Å²) in [7, 11) is 0. The third kappa shape index (κ3) is 5.66. The lowest BCUT2D eigenvalue weighted by atomic mass is 10.1. The first-order valence-corrected chi connectivity index (χ1v) is 10.4. The van der Waals surface area contributed by atoms with Gasteiger partial charge in [-0.05, 0) is 52.0 Å². The molecular formula is C19H33N5O5. The zero-order valence-corrected chi connectivity index (χ0v) is 17.0. The number of aliphatic carboxylic acids is 1. The molecule has 0 saturated carbocycles. The first kappa shape index (κ1) is 23.1. The highest BCUT2D eigenvalue weighted by atomic mass is 16.4. The number of carboxylic acids is 1. The Morgan fingerprint density at radius 3 is 2.31 bits per heavy atom. The van der Waals surface area contributed by atoms with Crippen LogP contribution in [0.15, 0.2) is 0 Å². The monoisotopic (exact) mass is 411 g/mol. The quantitative estimate of drug-likeness (QED) is 0.355. The molecule has 10 nitrogen and oxygen atoms in total. The van der Waals surface area contributed by atoms with Crippen LogP contribution >= 0.6 is 0 Å². The van der Waals surface area contributed by atoms with Gasteiger partial charge in [-0.2, -0.15) is 0 Å². The van der Waals surface area contributed by atoms with Crippen molar-refractivity contribution in [2.45, 2.75) is 76.0 Å². The van der Waals surface area contributed by atoms with Crippen LogP contribution in [0.25, 0.3) is 0 Å². The lowest BCUT2D eigenvalue weighted by Gasteiger charge is -2.31. The first-order chi connectivity index (χ1) is 13.8. The Kier molecular flexibility index (Phi) is 8.39. The van der Waals surface area contributed by atoms with Gasteiger partial charge in [-0.3, -0.25) is 14.4 Å². The Morgan fingerprint density at radius 2 is 1.69 bits per heavy atom. The number of hydrogen-bond donors (Lipinski definition) is 4. The topological polar surface area (TPSA) is 159 Å². The molecule has 0 bridgehead atoms. The highest BCUT2D eigenvalue weighted by Gasteiger charge is 2.43. The zero-order valence-electron chi connectivity index (χ0n) is 17.0. The lowest BCUT2D eigenvalue weighted by Crippen LogP contribution is -2.56. The van der Waals surface area contributed by atoms with Crippen LogP contribution in [0, 0.1) is 0 Å². The Morgan fingerprint density at radius 1 is 1.07 bits per heavy atom. The number of rotatable bonds is 9. The smallest absolute Gasteiger partial charge is 0.326 e. The maximum atomic E-state index is 12.9. The number of likely N-dealkylation sites (tertiary alicyclic amines) is 2. The van der Waals surface area contributed by atoms with E-state index in [1.54, 1.807) is 6.92 Å². The van der Waals surface area contributed by atoms with Gasteiger partial charge in [0.25, 0.3) is 0 Å². The number of carbonyl (C=O) groups is 4. The van der Waals surface area contributed by atoms with Crippen molar-refractivity contribution >= 4 is 23.7 Å². The Bertz CT molecular complexity index is 628. The van der Waals surface area contributed by atoms with E-state index in [1.165, 1.54) is 9.80 Å². The molecule has 2 heterocycles. The third-order valence-corrected chi connectivity index (χ3v) is 5.68. The summed E-state index contributed by atoms with van der Waals surface area (Å²) >= 11 is 0. The predicted octanol–water partition coefficient (Wildman–Crippen LogP) is -0.986. The summed E-state index contributed by atoms with van der Waals surface area (Å²) < 4.78 is 0. The minimum atomic E-state index is -1.02. The fourth-order valence-corrected chi connectivity index (χ4v) is 4.04. The molecule has 2 saturated heterocycles. The second-order valence-corrected chi connectivity index (χ2v) is 7.84. The molecule has 3 amide bonds. The summed E-state index contributed by atoms with van der Waals surface area (Å²) in [6.07, 6.45) is 4.21. The molecule has 10 heteroatoms.